The van der Waals surface area contributed by atoms with Crippen LogP contribution in [0.1, 0.15) is 37.6 Å². The molecule has 3 rings (SSSR count). The molecule has 2 nitrogen and oxygen atoms in total. The number of fused-ring (bicyclic) bond motifs is 1. The maximum absolute atomic E-state index is 14.1. The number of rotatable bonds is 1. The highest BCUT2D eigenvalue weighted by Gasteiger charge is 2.32. The molecule has 20 heavy (non-hydrogen) atoms. The van der Waals surface area contributed by atoms with Crippen molar-refractivity contribution in [3.05, 3.63) is 52.6 Å². The molecule has 4 heteroatoms. The number of nitrogens with two attached hydrogens (primary N) is 1. The molecule has 106 valence electrons. The van der Waals surface area contributed by atoms with Crippen LogP contribution in [0.4, 0.5) is 4.39 Å². The molecule has 1 aromatic carbocycles. The highest BCUT2D eigenvalue weighted by atomic mass is 35.5. The van der Waals surface area contributed by atoms with Gasteiger partial charge in [0, 0.05) is 23.0 Å². The maximum atomic E-state index is 14.1. The number of nitrogens with zero attached hydrogens (tertiary/aromatic N) is 1. The van der Waals surface area contributed by atoms with E-state index >= 15 is 0 Å². The molecule has 2 aromatic rings. The third-order valence-corrected chi connectivity index (χ3v) is 4.25. The molecule has 0 fully saturated rings. The Kier molecular flexibility index (Phi) is 3.14. The average molecular weight is 293 g/mol. The lowest BCUT2D eigenvalue weighted by atomic mass is 9.74. The third kappa shape index (κ3) is 2.25. The molecule has 1 atom stereocenters. The zero-order chi connectivity index (χ0) is 14.5. The molecule has 0 amide bonds. The fourth-order valence-electron chi connectivity index (χ4n) is 3.13. The van der Waals surface area contributed by atoms with Gasteiger partial charge in [0.2, 0.25) is 0 Å². The van der Waals surface area contributed by atoms with Crippen molar-refractivity contribution in [1.29, 1.82) is 0 Å². The van der Waals surface area contributed by atoms with Crippen molar-refractivity contribution >= 4 is 11.6 Å². The maximum Gasteiger partial charge on any atom is 0.147 e. The topological polar surface area (TPSA) is 30.9 Å². The second-order valence-electron chi connectivity index (χ2n) is 6.34. The van der Waals surface area contributed by atoms with E-state index in [2.05, 4.69) is 13.8 Å². The van der Waals surface area contributed by atoms with Crippen LogP contribution >= 0.6 is 11.6 Å². The van der Waals surface area contributed by atoms with Crippen molar-refractivity contribution in [2.75, 3.05) is 0 Å². The average Bonchev–Trinajstić information content (AvgIpc) is 2.74. The Hall–Kier alpha value is -1.32. The summed E-state index contributed by atoms with van der Waals surface area (Å²) in [7, 11) is 0. The summed E-state index contributed by atoms with van der Waals surface area (Å²) in [6.45, 7) is 4.39. The van der Waals surface area contributed by atoms with Crippen LogP contribution in [-0.4, -0.2) is 4.57 Å². The first-order valence-electron chi connectivity index (χ1n) is 6.78. The predicted molar refractivity (Wildman–Crippen MR) is 79.8 cm³/mol. The number of hydrogen-bond acceptors (Lipinski definition) is 1. The standard InChI is InChI=1S/C16H18ClFN2/c1-16(2)8-13(19)11-5-6-20(15(11)9-16)14-7-10(17)3-4-12(14)18/h3-7,13H,8-9,19H2,1-2H3. The lowest BCUT2D eigenvalue weighted by molar-refractivity contribution is 0.278. The second kappa shape index (κ2) is 4.61. The van der Waals surface area contributed by atoms with Crippen LogP contribution in [0, 0.1) is 11.2 Å². The zero-order valence-electron chi connectivity index (χ0n) is 11.7. The summed E-state index contributed by atoms with van der Waals surface area (Å²) in [6, 6.07) is 6.63. The molecule has 0 saturated heterocycles. The summed E-state index contributed by atoms with van der Waals surface area (Å²) in [4.78, 5) is 0. The molecule has 0 saturated carbocycles. The molecular formula is C16H18ClFN2. The third-order valence-electron chi connectivity index (χ3n) is 4.01. The Morgan fingerprint density at radius 2 is 2.10 bits per heavy atom. The van der Waals surface area contributed by atoms with Gasteiger partial charge in [-0.05, 0) is 48.1 Å². The number of halogens is 2. The fraction of sp³-hybridized carbons (Fsp3) is 0.375. The van der Waals surface area contributed by atoms with Crippen molar-refractivity contribution < 1.29 is 4.39 Å². The monoisotopic (exact) mass is 292 g/mol. The first-order valence-corrected chi connectivity index (χ1v) is 7.16. The Labute approximate surface area is 123 Å². The van der Waals surface area contributed by atoms with E-state index in [1.165, 1.54) is 6.07 Å². The zero-order valence-corrected chi connectivity index (χ0v) is 12.4. The minimum atomic E-state index is -0.273. The van der Waals surface area contributed by atoms with Crippen LogP contribution in [0.5, 0.6) is 0 Å². The lowest BCUT2D eigenvalue weighted by Gasteiger charge is -2.34. The van der Waals surface area contributed by atoms with Crippen LogP contribution in [0.15, 0.2) is 30.5 Å². The molecule has 2 N–H and O–H groups in total. The van der Waals surface area contributed by atoms with Gasteiger partial charge in [0.25, 0.3) is 0 Å². The highest BCUT2D eigenvalue weighted by Crippen LogP contribution is 2.41. The van der Waals surface area contributed by atoms with Crippen LogP contribution in [0.2, 0.25) is 5.02 Å². The van der Waals surface area contributed by atoms with Gasteiger partial charge in [0.15, 0.2) is 0 Å². The van der Waals surface area contributed by atoms with E-state index in [1.54, 1.807) is 12.1 Å². The van der Waals surface area contributed by atoms with E-state index in [-0.39, 0.29) is 17.3 Å². The van der Waals surface area contributed by atoms with Gasteiger partial charge in [0.1, 0.15) is 5.82 Å². The summed E-state index contributed by atoms with van der Waals surface area (Å²) in [5.41, 5.74) is 9.07. The highest BCUT2D eigenvalue weighted by molar-refractivity contribution is 6.30. The van der Waals surface area contributed by atoms with Gasteiger partial charge < -0.3 is 10.3 Å². The first kappa shape index (κ1) is 13.7. The van der Waals surface area contributed by atoms with Gasteiger partial charge in [-0.25, -0.2) is 4.39 Å². The van der Waals surface area contributed by atoms with E-state index in [9.17, 15) is 4.39 Å². The van der Waals surface area contributed by atoms with E-state index < -0.39 is 0 Å². The quantitative estimate of drug-likeness (QED) is 0.837. The summed E-state index contributed by atoms with van der Waals surface area (Å²) in [6.07, 6.45) is 3.72. The molecule has 1 aliphatic carbocycles. The summed E-state index contributed by atoms with van der Waals surface area (Å²) >= 11 is 6.00. The van der Waals surface area contributed by atoms with Crippen LogP contribution < -0.4 is 5.73 Å². The van der Waals surface area contributed by atoms with Gasteiger partial charge >= 0.3 is 0 Å². The smallest absolute Gasteiger partial charge is 0.147 e. The predicted octanol–water partition coefficient (Wildman–Crippen LogP) is 4.24. The fourth-order valence-corrected chi connectivity index (χ4v) is 3.30. The molecule has 0 aliphatic heterocycles. The molecule has 0 spiro atoms. The minimum absolute atomic E-state index is 0.0113. The molecule has 1 heterocycles. The Morgan fingerprint density at radius 1 is 1.35 bits per heavy atom. The van der Waals surface area contributed by atoms with Crippen LogP contribution in [0.25, 0.3) is 5.69 Å². The Balaban J connectivity index is 2.16. The van der Waals surface area contributed by atoms with Crippen LogP contribution in [-0.2, 0) is 6.42 Å². The van der Waals surface area contributed by atoms with Crippen molar-refractivity contribution in [2.24, 2.45) is 11.1 Å². The van der Waals surface area contributed by atoms with Gasteiger partial charge in [-0.15, -0.1) is 0 Å². The van der Waals surface area contributed by atoms with Crippen molar-refractivity contribution in [2.45, 2.75) is 32.7 Å². The Morgan fingerprint density at radius 3 is 2.85 bits per heavy atom. The number of aromatic nitrogens is 1. The van der Waals surface area contributed by atoms with E-state index in [0.29, 0.717) is 10.7 Å². The number of benzene rings is 1. The normalized spacial score (nSPS) is 20.8. The van der Waals surface area contributed by atoms with Gasteiger partial charge in [-0.3, -0.25) is 0 Å². The second-order valence-corrected chi connectivity index (χ2v) is 6.77. The van der Waals surface area contributed by atoms with E-state index in [1.807, 2.05) is 16.8 Å². The van der Waals surface area contributed by atoms with Crippen molar-refractivity contribution in [1.82, 2.24) is 4.57 Å². The van der Waals surface area contributed by atoms with Gasteiger partial charge in [0.05, 0.1) is 5.69 Å². The lowest BCUT2D eigenvalue weighted by Crippen LogP contribution is -2.30. The minimum Gasteiger partial charge on any atom is -0.324 e. The van der Waals surface area contributed by atoms with Crippen LogP contribution in [0.3, 0.4) is 0 Å². The van der Waals surface area contributed by atoms with Crippen molar-refractivity contribution in [3.8, 4) is 5.69 Å². The van der Waals surface area contributed by atoms with Crippen molar-refractivity contribution in [3.63, 3.8) is 0 Å². The molecule has 1 aromatic heterocycles. The van der Waals surface area contributed by atoms with E-state index in [4.69, 9.17) is 17.3 Å². The Bertz CT molecular complexity index is 660. The summed E-state index contributed by atoms with van der Waals surface area (Å²) in [5.74, 6) is -0.273. The molecule has 0 radical (unpaired) electrons. The number of hydrogen-bond donors (Lipinski definition) is 1. The molecule has 1 unspecified atom stereocenters. The SMILES string of the molecule is CC1(C)Cc2c(ccn2-c2cc(Cl)ccc2F)C(N)C1. The first-order chi connectivity index (χ1) is 9.37. The summed E-state index contributed by atoms with van der Waals surface area (Å²) in [5, 5.41) is 0.531. The summed E-state index contributed by atoms with van der Waals surface area (Å²) < 4.78 is 16.0. The van der Waals surface area contributed by atoms with Gasteiger partial charge in [-0.2, -0.15) is 0 Å². The molecule has 1 aliphatic rings. The molecular weight excluding hydrogens is 275 g/mol. The van der Waals surface area contributed by atoms with E-state index in [0.717, 1.165) is 24.1 Å². The largest absolute Gasteiger partial charge is 0.324 e. The molecule has 0 bridgehead atoms. The van der Waals surface area contributed by atoms with Gasteiger partial charge in [-0.1, -0.05) is 25.4 Å².